The number of carboxylic acids is 2. The highest BCUT2D eigenvalue weighted by Crippen LogP contribution is 2.09. The summed E-state index contributed by atoms with van der Waals surface area (Å²) in [6.07, 6.45) is 0.949. The van der Waals surface area contributed by atoms with Gasteiger partial charge in [0.25, 0.3) is 0 Å². The zero-order chi connectivity index (χ0) is 11.4. The van der Waals surface area contributed by atoms with Crippen LogP contribution >= 0.6 is 0 Å². The highest BCUT2D eigenvalue weighted by atomic mass is 16.4. The molecule has 16 heavy (non-hydrogen) atoms. The van der Waals surface area contributed by atoms with Crippen LogP contribution in [0.4, 0.5) is 5.69 Å². The van der Waals surface area contributed by atoms with E-state index < -0.39 is 17.5 Å². The largest absolute Gasteiger partial charge is 0.545 e. The van der Waals surface area contributed by atoms with Crippen LogP contribution in [0.25, 0.3) is 6.08 Å². The van der Waals surface area contributed by atoms with E-state index in [9.17, 15) is 19.8 Å². The van der Waals surface area contributed by atoms with Gasteiger partial charge in [-0.3, -0.25) is 0 Å². The van der Waals surface area contributed by atoms with Crippen molar-refractivity contribution in [3.8, 4) is 0 Å². The van der Waals surface area contributed by atoms with Crippen LogP contribution in [0, 0.1) is 0 Å². The second-order valence-electron chi connectivity index (χ2n) is 2.80. The van der Waals surface area contributed by atoms with Gasteiger partial charge in [0.15, 0.2) is 0 Å². The molecule has 0 aliphatic rings. The summed E-state index contributed by atoms with van der Waals surface area (Å²) < 4.78 is 0. The summed E-state index contributed by atoms with van der Waals surface area (Å²) in [5, 5.41) is 20.8. The first kappa shape index (κ1) is 13.7. The molecule has 0 amide bonds. The van der Waals surface area contributed by atoms with E-state index in [2.05, 4.69) is 0 Å². The smallest absolute Gasteiger partial charge is 0.0733 e. The predicted octanol–water partition coefficient (Wildman–Crippen LogP) is -1.21. The number of carboxylic acid groups (broad SMARTS) is 2. The number of nitrogens with two attached hydrogens (primary N) is 1. The van der Waals surface area contributed by atoms with E-state index in [4.69, 9.17) is 5.73 Å². The van der Waals surface area contributed by atoms with E-state index in [1.54, 1.807) is 0 Å². The number of hydrogen-bond donors (Lipinski definition) is 1. The van der Waals surface area contributed by atoms with Crippen LogP contribution in [-0.4, -0.2) is 11.9 Å². The topological polar surface area (TPSA) is 106 Å². The van der Waals surface area contributed by atoms with Crippen molar-refractivity contribution in [1.29, 1.82) is 0 Å². The van der Waals surface area contributed by atoms with Crippen molar-refractivity contribution in [2.45, 2.75) is 7.43 Å². The number of carbonyl (C=O) groups is 2. The maximum atomic E-state index is 10.4. The maximum Gasteiger partial charge on any atom is 0.0733 e. The number of benzene rings is 1. The van der Waals surface area contributed by atoms with Crippen molar-refractivity contribution in [3.05, 3.63) is 35.4 Å². The molecule has 1 rings (SSSR count). The Morgan fingerprint density at radius 3 is 1.88 bits per heavy atom. The Kier molecular flexibility index (Phi) is 4.75. The molecule has 0 spiro atoms. The molecular formula is C11H11NO4-2. The molecular weight excluding hydrogens is 210 g/mol. The minimum absolute atomic E-state index is 0. The van der Waals surface area contributed by atoms with Crippen molar-refractivity contribution in [2.75, 3.05) is 5.73 Å². The number of anilines is 1. The minimum Gasteiger partial charge on any atom is -0.545 e. The van der Waals surface area contributed by atoms with Gasteiger partial charge in [-0.05, 0) is 23.8 Å². The normalized spacial score (nSPS) is 8.75. The summed E-state index contributed by atoms with van der Waals surface area (Å²) in [6.45, 7) is 0. The summed E-state index contributed by atoms with van der Waals surface area (Å²) in [5.41, 5.74) is 5.39. The second-order valence-corrected chi connectivity index (χ2v) is 2.80. The lowest BCUT2D eigenvalue weighted by Crippen LogP contribution is -2.36. The lowest BCUT2D eigenvalue weighted by atomic mass is 10.1. The Morgan fingerprint density at radius 1 is 1.06 bits per heavy atom. The van der Waals surface area contributed by atoms with Gasteiger partial charge in [-0.2, -0.15) is 0 Å². The van der Waals surface area contributed by atoms with Crippen LogP contribution in [0.15, 0.2) is 29.8 Å². The number of carbonyl (C=O) groups excluding carboxylic acids is 2. The molecule has 1 aromatic rings. The highest BCUT2D eigenvalue weighted by Gasteiger charge is 1.99. The monoisotopic (exact) mass is 221 g/mol. The lowest BCUT2D eigenvalue weighted by molar-refractivity contribution is -0.311. The van der Waals surface area contributed by atoms with Gasteiger partial charge in [0, 0.05) is 11.3 Å². The Balaban J connectivity index is 0.00000225. The number of rotatable bonds is 3. The van der Waals surface area contributed by atoms with Gasteiger partial charge >= 0.3 is 0 Å². The molecule has 5 nitrogen and oxygen atoms in total. The van der Waals surface area contributed by atoms with Gasteiger partial charge in [-0.15, -0.1) is 0 Å². The molecule has 5 heteroatoms. The summed E-state index contributed by atoms with van der Waals surface area (Å²) in [6, 6.07) is 6.02. The number of aliphatic carboxylic acids is 2. The van der Waals surface area contributed by atoms with Crippen LogP contribution in [0.3, 0.4) is 0 Å². The molecule has 0 fully saturated rings. The summed E-state index contributed by atoms with van der Waals surface area (Å²) in [7, 11) is 0. The van der Waals surface area contributed by atoms with Crippen LogP contribution in [0.5, 0.6) is 0 Å². The van der Waals surface area contributed by atoms with Crippen molar-refractivity contribution in [3.63, 3.8) is 0 Å². The molecule has 0 radical (unpaired) electrons. The standard InChI is InChI=1S/C10H9NO4.CH4/c11-7-3-1-6(2-4-7)5-8(9(12)13)10(14)15;/h1-5H,11H2,(H,12,13)(H,14,15);1H4/p-2. The molecule has 86 valence electrons. The van der Waals surface area contributed by atoms with Crippen LogP contribution in [0.2, 0.25) is 0 Å². The molecule has 0 unspecified atom stereocenters. The quantitative estimate of drug-likeness (QED) is 0.298. The lowest BCUT2D eigenvalue weighted by Gasteiger charge is -2.09. The van der Waals surface area contributed by atoms with E-state index >= 15 is 0 Å². The molecule has 2 N–H and O–H groups in total. The Labute approximate surface area is 92.8 Å². The Hall–Kier alpha value is -2.30. The van der Waals surface area contributed by atoms with Crippen molar-refractivity contribution >= 4 is 23.7 Å². The van der Waals surface area contributed by atoms with Gasteiger partial charge < -0.3 is 25.5 Å². The minimum atomic E-state index is -1.79. The Morgan fingerprint density at radius 2 is 1.50 bits per heavy atom. The SMILES string of the molecule is C.Nc1ccc(C=C(C(=O)[O-])C(=O)[O-])cc1. The summed E-state index contributed by atoms with van der Waals surface area (Å²) in [4.78, 5) is 20.8. The molecule has 0 heterocycles. The molecule has 0 saturated heterocycles. The first-order valence-corrected chi connectivity index (χ1v) is 4.00. The molecule has 0 aliphatic heterocycles. The van der Waals surface area contributed by atoms with Crippen molar-refractivity contribution in [2.24, 2.45) is 0 Å². The fourth-order valence-electron chi connectivity index (χ4n) is 0.960. The first-order chi connectivity index (χ1) is 7.00. The number of hydrogen-bond acceptors (Lipinski definition) is 5. The van der Waals surface area contributed by atoms with Crippen molar-refractivity contribution in [1.82, 2.24) is 0 Å². The Bertz CT molecular complexity index is 404. The zero-order valence-corrected chi connectivity index (χ0v) is 7.60. The third-order valence-electron chi connectivity index (χ3n) is 1.69. The van der Waals surface area contributed by atoms with Crippen molar-refractivity contribution < 1.29 is 19.8 Å². The maximum absolute atomic E-state index is 10.4. The summed E-state index contributed by atoms with van der Waals surface area (Å²) >= 11 is 0. The van der Waals surface area contributed by atoms with E-state index in [-0.39, 0.29) is 7.43 Å². The van der Waals surface area contributed by atoms with Gasteiger partial charge in [-0.25, -0.2) is 0 Å². The van der Waals surface area contributed by atoms with E-state index in [1.165, 1.54) is 24.3 Å². The molecule has 0 atom stereocenters. The van der Waals surface area contributed by atoms with Gasteiger partial charge in [-0.1, -0.05) is 19.6 Å². The van der Waals surface area contributed by atoms with E-state index in [1.807, 2.05) is 0 Å². The van der Waals surface area contributed by atoms with Crippen LogP contribution < -0.4 is 15.9 Å². The van der Waals surface area contributed by atoms with Gasteiger partial charge in [0.1, 0.15) is 0 Å². The van der Waals surface area contributed by atoms with E-state index in [0.717, 1.165) is 6.08 Å². The average molecular weight is 221 g/mol. The van der Waals surface area contributed by atoms with Gasteiger partial charge in [0.05, 0.1) is 11.9 Å². The fraction of sp³-hybridized carbons (Fsp3) is 0.0909. The predicted molar refractivity (Wildman–Crippen MR) is 55.6 cm³/mol. The third kappa shape index (κ3) is 3.45. The molecule has 1 aromatic carbocycles. The first-order valence-electron chi connectivity index (χ1n) is 4.00. The van der Waals surface area contributed by atoms with Crippen LogP contribution in [-0.2, 0) is 9.59 Å². The molecule has 0 aliphatic carbocycles. The fourth-order valence-corrected chi connectivity index (χ4v) is 0.960. The molecule has 0 aromatic heterocycles. The second kappa shape index (κ2) is 5.55. The number of nitrogen functional groups attached to an aromatic ring is 1. The molecule has 0 bridgehead atoms. The molecule has 0 saturated carbocycles. The summed E-state index contributed by atoms with van der Waals surface area (Å²) in [5.74, 6) is -3.57. The van der Waals surface area contributed by atoms with Gasteiger partial charge in [0.2, 0.25) is 0 Å². The highest BCUT2D eigenvalue weighted by molar-refractivity contribution is 6.14. The van der Waals surface area contributed by atoms with E-state index in [0.29, 0.717) is 11.3 Å². The average Bonchev–Trinajstić information content (AvgIpc) is 2.15. The van der Waals surface area contributed by atoms with Crippen LogP contribution in [0.1, 0.15) is 13.0 Å². The third-order valence-corrected chi connectivity index (χ3v) is 1.69. The zero-order valence-electron chi connectivity index (χ0n) is 7.60.